The molecule has 0 spiro atoms. The Morgan fingerprint density at radius 1 is 0.857 bits per heavy atom. The molecule has 0 unspecified atom stereocenters. The summed E-state index contributed by atoms with van der Waals surface area (Å²) < 4.78 is 5.97. The van der Waals surface area contributed by atoms with Crippen LogP contribution in [0.4, 0.5) is 0 Å². The molecule has 0 bridgehead atoms. The fraction of sp³-hybridized carbons (Fsp3) is 0.111. The van der Waals surface area contributed by atoms with Crippen LogP contribution in [0.15, 0.2) is 89.3 Å². The van der Waals surface area contributed by atoms with Crippen molar-refractivity contribution in [3.8, 4) is 11.3 Å². The van der Waals surface area contributed by atoms with Gasteiger partial charge in [-0.15, -0.1) is 0 Å². The van der Waals surface area contributed by atoms with Gasteiger partial charge in [0, 0.05) is 17.0 Å². The van der Waals surface area contributed by atoms with Gasteiger partial charge in [0.05, 0.1) is 22.2 Å². The number of carbonyl (C=O) groups is 2. The maximum Gasteiger partial charge on any atom is 0.326 e. The number of hydrogen-bond acceptors (Lipinski definition) is 3. The molecule has 1 heterocycles. The summed E-state index contributed by atoms with van der Waals surface area (Å²) in [6.07, 6.45) is 0.102. The van der Waals surface area contributed by atoms with E-state index in [-0.39, 0.29) is 23.6 Å². The van der Waals surface area contributed by atoms with Crippen molar-refractivity contribution in [2.75, 3.05) is 0 Å². The fourth-order valence-corrected chi connectivity index (χ4v) is 4.46. The number of benzene rings is 3. The number of rotatable bonds is 8. The molecule has 0 aliphatic heterocycles. The zero-order valence-corrected chi connectivity index (χ0v) is 20.6. The summed E-state index contributed by atoms with van der Waals surface area (Å²) in [6.45, 7) is -0.0912. The smallest absolute Gasteiger partial charge is 0.326 e. The van der Waals surface area contributed by atoms with Gasteiger partial charge >= 0.3 is 5.97 Å². The lowest BCUT2D eigenvalue weighted by atomic mass is 10.0. The highest BCUT2D eigenvalue weighted by molar-refractivity contribution is 6.36. The average Bonchev–Trinajstić information content (AvgIpc) is 3.30. The molecule has 5 nitrogen and oxygen atoms in total. The second-order valence-electron chi connectivity index (χ2n) is 7.85. The van der Waals surface area contributed by atoms with Crippen molar-refractivity contribution in [1.29, 1.82) is 0 Å². The first-order chi connectivity index (χ1) is 16.8. The molecule has 178 valence electrons. The number of hydrogen-bond donors (Lipinski definition) is 1. The van der Waals surface area contributed by atoms with Crippen LogP contribution in [0.25, 0.3) is 11.3 Å². The van der Waals surface area contributed by atoms with Crippen LogP contribution in [0.2, 0.25) is 15.1 Å². The molecule has 35 heavy (non-hydrogen) atoms. The highest BCUT2D eigenvalue weighted by Crippen LogP contribution is 2.30. The van der Waals surface area contributed by atoms with E-state index >= 15 is 0 Å². The van der Waals surface area contributed by atoms with Gasteiger partial charge in [0.25, 0.3) is 5.91 Å². The van der Waals surface area contributed by atoms with Gasteiger partial charge in [-0.2, -0.15) is 0 Å². The Hall–Kier alpha value is -3.25. The number of carboxylic acid groups (broad SMARTS) is 1. The van der Waals surface area contributed by atoms with E-state index in [9.17, 15) is 14.7 Å². The highest BCUT2D eigenvalue weighted by Gasteiger charge is 2.32. The number of aliphatic carboxylic acids is 1. The molecule has 0 saturated carbocycles. The predicted molar refractivity (Wildman–Crippen MR) is 137 cm³/mol. The molecular formula is C27H20Cl3NO4. The Kier molecular flexibility index (Phi) is 7.81. The first-order valence-electron chi connectivity index (χ1n) is 10.7. The van der Waals surface area contributed by atoms with Crippen molar-refractivity contribution < 1.29 is 19.1 Å². The first kappa shape index (κ1) is 24.9. The second-order valence-corrected chi connectivity index (χ2v) is 9.10. The van der Waals surface area contributed by atoms with Gasteiger partial charge in [0.1, 0.15) is 17.6 Å². The number of carboxylic acids is 1. The molecule has 0 radical (unpaired) electrons. The van der Waals surface area contributed by atoms with Gasteiger partial charge < -0.3 is 14.4 Å². The molecule has 4 aromatic rings. The van der Waals surface area contributed by atoms with E-state index in [4.69, 9.17) is 39.2 Å². The third-order valence-electron chi connectivity index (χ3n) is 5.48. The van der Waals surface area contributed by atoms with Crippen LogP contribution in [0, 0.1) is 0 Å². The van der Waals surface area contributed by atoms with Crippen LogP contribution in [0.5, 0.6) is 0 Å². The Balaban J connectivity index is 1.71. The van der Waals surface area contributed by atoms with E-state index in [1.54, 1.807) is 18.2 Å². The molecule has 1 atom stereocenters. The van der Waals surface area contributed by atoms with Crippen LogP contribution >= 0.6 is 34.8 Å². The predicted octanol–water partition coefficient (Wildman–Crippen LogP) is 7.25. The Labute approximate surface area is 217 Å². The minimum Gasteiger partial charge on any atom is -0.480 e. The maximum absolute atomic E-state index is 13.6. The maximum atomic E-state index is 13.6. The molecule has 8 heteroatoms. The number of furan rings is 1. The lowest BCUT2D eigenvalue weighted by molar-refractivity contribution is -0.142. The molecule has 0 saturated heterocycles. The summed E-state index contributed by atoms with van der Waals surface area (Å²) in [5.74, 6) is -0.786. The number of carbonyl (C=O) groups excluding carboxylic acids is 1. The van der Waals surface area contributed by atoms with Crippen molar-refractivity contribution >= 4 is 46.7 Å². The topological polar surface area (TPSA) is 70.8 Å². The highest BCUT2D eigenvalue weighted by atomic mass is 35.5. The molecule has 1 aromatic heterocycles. The molecular weight excluding hydrogens is 509 g/mol. The monoisotopic (exact) mass is 527 g/mol. The largest absolute Gasteiger partial charge is 0.480 e. The molecule has 0 fully saturated rings. The number of nitrogens with zero attached hydrogens (tertiary/aromatic N) is 1. The van der Waals surface area contributed by atoms with Gasteiger partial charge in [-0.05, 0) is 48.0 Å². The van der Waals surface area contributed by atoms with E-state index < -0.39 is 17.9 Å². The normalized spacial score (nSPS) is 11.7. The van der Waals surface area contributed by atoms with Crippen molar-refractivity contribution in [1.82, 2.24) is 4.90 Å². The van der Waals surface area contributed by atoms with Crippen molar-refractivity contribution in [2.24, 2.45) is 0 Å². The molecule has 3 aromatic carbocycles. The zero-order chi connectivity index (χ0) is 24.9. The van der Waals surface area contributed by atoms with E-state index in [0.717, 1.165) is 5.56 Å². The number of amides is 1. The number of halogens is 3. The zero-order valence-electron chi connectivity index (χ0n) is 18.3. The summed E-state index contributed by atoms with van der Waals surface area (Å²) in [6, 6.07) is 23.1. The third-order valence-corrected chi connectivity index (χ3v) is 6.36. The fourth-order valence-electron chi connectivity index (χ4n) is 3.75. The molecule has 1 N–H and O–H groups in total. The van der Waals surface area contributed by atoms with Gasteiger partial charge in [0.15, 0.2) is 0 Å². The van der Waals surface area contributed by atoms with E-state index in [1.165, 1.54) is 23.1 Å². The summed E-state index contributed by atoms with van der Waals surface area (Å²) in [5.41, 5.74) is 1.61. The Morgan fingerprint density at radius 3 is 2.26 bits per heavy atom. The van der Waals surface area contributed by atoms with Gasteiger partial charge in [0.2, 0.25) is 0 Å². The lowest BCUT2D eigenvalue weighted by Crippen LogP contribution is -2.46. The summed E-state index contributed by atoms with van der Waals surface area (Å²) in [7, 11) is 0. The Bertz CT molecular complexity index is 1350. The summed E-state index contributed by atoms with van der Waals surface area (Å²) in [4.78, 5) is 27.3. The van der Waals surface area contributed by atoms with Crippen molar-refractivity contribution in [3.05, 3.63) is 117 Å². The van der Waals surface area contributed by atoms with E-state index in [2.05, 4.69) is 0 Å². The van der Waals surface area contributed by atoms with Gasteiger partial charge in [-0.25, -0.2) is 4.79 Å². The molecule has 0 aliphatic rings. The van der Waals surface area contributed by atoms with Crippen LogP contribution in [0.1, 0.15) is 21.7 Å². The third kappa shape index (κ3) is 5.88. The summed E-state index contributed by atoms with van der Waals surface area (Å²) >= 11 is 18.6. The molecule has 4 rings (SSSR count). The van der Waals surface area contributed by atoms with Crippen LogP contribution in [-0.4, -0.2) is 27.9 Å². The minimum absolute atomic E-state index is 0.0912. The lowest BCUT2D eigenvalue weighted by Gasteiger charge is -2.29. The first-order valence-corrected chi connectivity index (χ1v) is 11.8. The van der Waals surface area contributed by atoms with Crippen LogP contribution < -0.4 is 0 Å². The van der Waals surface area contributed by atoms with E-state index in [0.29, 0.717) is 27.1 Å². The average molecular weight is 529 g/mol. The second kappa shape index (κ2) is 11.0. The van der Waals surface area contributed by atoms with Crippen molar-refractivity contribution in [3.63, 3.8) is 0 Å². The van der Waals surface area contributed by atoms with Gasteiger partial charge in [-0.3, -0.25) is 4.79 Å². The SMILES string of the molecule is O=C(O)[C@H](Cc1ccccc1)N(Cc1ccc(-c2ccccc2Cl)o1)C(=O)c1ccc(Cl)cc1Cl. The summed E-state index contributed by atoms with van der Waals surface area (Å²) in [5, 5.41) is 11.1. The van der Waals surface area contributed by atoms with Crippen LogP contribution in [0.3, 0.4) is 0 Å². The Morgan fingerprint density at radius 2 is 1.57 bits per heavy atom. The standard InChI is InChI=1S/C27H20Cl3NO4/c28-18-10-12-21(23(30)15-18)26(32)31(24(27(33)34)14-17-6-2-1-3-7-17)16-19-11-13-25(35-19)20-8-4-5-9-22(20)29/h1-13,15,24H,14,16H2,(H,33,34)/t24-/m0/s1. The van der Waals surface area contributed by atoms with Crippen molar-refractivity contribution in [2.45, 2.75) is 19.0 Å². The van der Waals surface area contributed by atoms with Crippen LogP contribution in [-0.2, 0) is 17.8 Å². The van der Waals surface area contributed by atoms with E-state index in [1.807, 2.05) is 48.5 Å². The quantitative estimate of drug-likeness (QED) is 0.262. The van der Waals surface area contributed by atoms with Gasteiger partial charge in [-0.1, -0.05) is 77.3 Å². The molecule has 0 aliphatic carbocycles. The minimum atomic E-state index is -1.18. The molecule has 1 amide bonds.